The van der Waals surface area contributed by atoms with E-state index in [1.807, 2.05) is 66.3 Å². The summed E-state index contributed by atoms with van der Waals surface area (Å²) in [7, 11) is 3.29. The normalized spacial score (nSPS) is 17.8. The highest BCUT2D eigenvalue weighted by Gasteiger charge is 2.52. The number of halogens is 1. The molecule has 272 valence electrons. The van der Waals surface area contributed by atoms with Gasteiger partial charge in [0.25, 0.3) is 5.56 Å². The van der Waals surface area contributed by atoms with Crippen LogP contribution in [0.3, 0.4) is 0 Å². The first-order valence-electron chi connectivity index (χ1n) is 17.7. The molecule has 2 aromatic heterocycles. The lowest BCUT2D eigenvalue weighted by Gasteiger charge is -2.61. The summed E-state index contributed by atoms with van der Waals surface area (Å²) >= 11 is 3.85. The van der Waals surface area contributed by atoms with E-state index in [0.717, 1.165) is 98.1 Å². The average molecular weight is 843 g/mol. The van der Waals surface area contributed by atoms with Crippen molar-refractivity contribution in [1.82, 2.24) is 18.3 Å². The van der Waals surface area contributed by atoms with Gasteiger partial charge in [-0.05, 0) is 75.9 Å². The molecule has 51 heavy (non-hydrogen) atoms. The Morgan fingerprint density at radius 2 is 1.80 bits per heavy atom. The first-order valence-corrected chi connectivity index (χ1v) is 22.0. The molecule has 1 N–H and O–H groups in total. The van der Waals surface area contributed by atoms with Gasteiger partial charge in [-0.3, -0.25) is 8.77 Å². The number of likely N-dealkylation sites (tertiary alicyclic amines) is 2. The number of amides is 1. The molecule has 1 amide bonds. The molecule has 10 nitrogen and oxygen atoms in total. The van der Waals surface area contributed by atoms with Gasteiger partial charge in [0.2, 0.25) is 0 Å². The van der Waals surface area contributed by atoms with Crippen LogP contribution in [0.25, 0.3) is 22.0 Å². The number of aryl methyl sites for hydroxylation is 1. The van der Waals surface area contributed by atoms with E-state index in [1.54, 1.807) is 23.6 Å². The van der Waals surface area contributed by atoms with Crippen molar-refractivity contribution in [3.8, 4) is 22.6 Å². The van der Waals surface area contributed by atoms with Crippen LogP contribution in [0.5, 0.6) is 11.5 Å². The summed E-state index contributed by atoms with van der Waals surface area (Å²) in [5, 5.41) is 0.896. The van der Waals surface area contributed by atoms with Gasteiger partial charge in [-0.1, -0.05) is 24.9 Å². The molecule has 3 saturated heterocycles. The predicted molar refractivity (Wildman–Crippen MR) is 220 cm³/mol. The number of piperidine rings is 1. The third-order valence-electron chi connectivity index (χ3n) is 10.0. The summed E-state index contributed by atoms with van der Waals surface area (Å²) in [5.41, 5.74) is 4.56. The molecule has 1 spiro atoms. The number of nitrogens with one attached hydrogen (secondary N) is 1. The van der Waals surface area contributed by atoms with Gasteiger partial charge in [0, 0.05) is 141 Å². The van der Waals surface area contributed by atoms with Crippen molar-refractivity contribution in [2.75, 3.05) is 61.2 Å². The summed E-state index contributed by atoms with van der Waals surface area (Å²) < 4.78 is 19.3. The number of pyridine rings is 1. The molecule has 7 rings (SSSR count). The van der Waals surface area contributed by atoms with Crippen LogP contribution in [0, 0.1) is 11.3 Å². The van der Waals surface area contributed by atoms with Crippen molar-refractivity contribution in [3.05, 3.63) is 71.3 Å². The first-order chi connectivity index (χ1) is 24.4. The van der Waals surface area contributed by atoms with Gasteiger partial charge in [-0.2, -0.15) is 0 Å². The minimum atomic E-state index is -0.453. The lowest BCUT2D eigenvalue weighted by molar-refractivity contribution is -0.0368. The number of aromatic nitrogens is 2. The molecular weight excluding hydrogens is 795 g/mol. The maximum atomic E-state index is 13.2. The number of nitrogens with zero attached hydrogens (tertiary/aromatic N) is 5. The van der Waals surface area contributed by atoms with Crippen LogP contribution in [-0.2, 0) is 11.8 Å². The third kappa shape index (κ3) is 7.86. The molecule has 0 bridgehead atoms. The van der Waals surface area contributed by atoms with Gasteiger partial charge in [0.1, 0.15) is 22.6 Å². The third-order valence-corrected chi connectivity index (χ3v) is 12.4. The Kier molecular flexibility index (Phi) is 10.5. The lowest BCUT2D eigenvalue weighted by Crippen LogP contribution is -2.72. The summed E-state index contributed by atoms with van der Waals surface area (Å²) in [6, 6.07) is 16.6. The van der Waals surface area contributed by atoms with E-state index in [1.165, 1.54) is 14.8 Å². The van der Waals surface area contributed by atoms with Crippen molar-refractivity contribution in [2.45, 2.75) is 46.1 Å². The van der Waals surface area contributed by atoms with Crippen molar-refractivity contribution >= 4 is 70.6 Å². The Labute approximate surface area is 321 Å². The van der Waals surface area contributed by atoms with Gasteiger partial charge in [0.05, 0.1) is 0 Å². The maximum Gasteiger partial charge on any atom is 0.410 e. The summed E-state index contributed by atoms with van der Waals surface area (Å²) in [6.45, 7) is 14.9. The van der Waals surface area contributed by atoms with E-state index in [9.17, 15) is 9.59 Å². The fourth-order valence-electron chi connectivity index (χ4n) is 7.69. The topological polar surface area (TPSA) is 84.2 Å². The van der Waals surface area contributed by atoms with Gasteiger partial charge in [-0.15, -0.1) is 0 Å². The van der Waals surface area contributed by atoms with Crippen LogP contribution in [0.4, 0.5) is 16.2 Å². The smallest absolute Gasteiger partial charge is 0.410 e. The van der Waals surface area contributed by atoms with Crippen molar-refractivity contribution < 1.29 is 14.3 Å². The monoisotopic (exact) mass is 842 g/mol. The zero-order valence-electron chi connectivity index (χ0n) is 30.0. The number of ether oxygens (including phenoxy) is 2. The summed E-state index contributed by atoms with van der Waals surface area (Å²) in [5.74, 6) is 3.09. The van der Waals surface area contributed by atoms with Gasteiger partial charge in [0.15, 0.2) is 0 Å². The van der Waals surface area contributed by atoms with E-state index in [4.69, 9.17) is 9.47 Å². The molecule has 3 aliphatic rings. The number of fused-ring (bicyclic) bond motifs is 1. The molecule has 0 atom stereocenters. The Bertz CT molecular complexity index is 1950. The zero-order chi connectivity index (χ0) is 35.9. The molecule has 0 aliphatic carbocycles. The molecule has 2 aromatic carbocycles. The van der Waals surface area contributed by atoms with Crippen LogP contribution >= 0.6 is 42.3 Å². The molecule has 4 aromatic rings. The van der Waals surface area contributed by atoms with Crippen molar-refractivity contribution in [3.63, 3.8) is 0 Å². The number of benzene rings is 2. The SMILES string of the molecule is CCSNc1ccc(Oc2cccc(N3CC4(CN(CC5CCN(C(=O)OC(C)(C)C)CC5)C4)C3)c2)c(-c2cn(C)c(=O)c3c2ccn3SI)c1. The Morgan fingerprint density at radius 3 is 2.51 bits per heavy atom. The fraction of sp³-hybridized carbons (Fsp3) is 0.474. The van der Waals surface area contributed by atoms with Crippen LogP contribution in [-0.4, -0.2) is 81.6 Å². The van der Waals surface area contributed by atoms with Crippen molar-refractivity contribution in [2.24, 2.45) is 18.4 Å². The Balaban J connectivity index is 0.998. The quantitative estimate of drug-likeness (QED) is 0.125. The molecule has 3 aliphatic heterocycles. The largest absolute Gasteiger partial charge is 0.457 e. The first kappa shape index (κ1) is 36.4. The second kappa shape index (κ2) is 14.8. The second-order valence-corrected chi connectivity index (χ2v) is 18.0. The molecule has 13 heteroatoms. The van der Waals surface area contributed by atoms with Crippen molar-refractivity contribution in [1.29, 1.82) is 0 Å². The summed E-state index contributed by atoms with van der Waals surface area (Å²) in [4.78, 5) is 32.6. The Morgan fingerprint density at radius 1 is 1.04 bits per heavy atom. The fourth-order valence-corrected chi connectivity index (χ4v) is 9.46. The molecule has 3 fully saturated rings. The lowest BCUT2D eigenvalue weighted by atomic mass is 9.72. The van der Waals surface area contributed by atoms with E-state index >= 15 is 0 Å². The number of carbonyl (C=O) groups is 1. The minimum absolute atomic E-state index is 0.0311. The Hall–Kier alpha value is -3.01. The molecule has 0 radical (unpaired) electrons. The van der Waals surface area contributed by atoms with Crippen LogP contribution in [0.2, 0.25) is 0 Å². The number of hydrogen-bond acceptors (Lipinski definition) is 9. The molecule has 0 saturated carbocycles. The minimum Gasteiger partial charge on any atom is -0.457 e. The van der Waals surface area contributed by atoms with Gasteiger partial charge in [-0.25, -0.2) is 4.79 Å². The van der Waals surface area contributed by atoms with E-state index in [0.29, 0.717) is 16.8 Å². The number of carbonyl (C=O) groups excluding carboxylic acids is 1. The molecular formula is C38H47IN6O4S2. The standard InChI is InChI=1S/C38H47IN6O4S2/c1-6-50-40-27-10-11-33(31(18-27)32-21-41(5)35(46)34-30(32)14-17-45(34)51-39)48-29-9-7-8-28(19-29)44-24-38(25-44)22-42(23-38)20-26-12-15-43(16-13-26)36(47)49-37(2,3)4/h7-11,14,17-19,21,26,40H,6,12-13,15-16,20,22-25H2,1-5H3. The predicted octanol–water partition coefficient (Wildman–Crippen LogP) is 8.49. The number of anilines is 2. The number of rotatable bonds is 10. The maximum absolute atomic E-state index is 13.2. The average Bonchev–Trinajstić information content (AvgIpc) is 3.51. The second-order valence-electron chi connectivity index (χ2n) is 15.2. The van der Waals surface area contributed by atoms with Gasteiger partial charge >= 0.3 is 6.09 Å². The summed E-state index contributed by atoms with van der Waals surface area (Å²) in [6.07, 6.45) is 5.76. The van der Waals surface area contributed by atoms with Crippen LogP contribution < -0.4 is 19.9 Å². The van der Waals surface area contributed by atoms with E-state index in [2.05, 4.69) is 66.9 Å². The highest BCUT2D eigenvalue weighted by atomic mass is 127. The van der Waals surface area contributed by atoms with E-state index in [-0.39, 0.29) is 11.7 Å². The van der Waals surface area contributed by atoms with Crippen LogP contribution in [0.15, 0.2) is 65.7 Å². The van der Waals surface area contributed by atoms with Gasteiger partial charge < -0.3 is 33.5 Å². The highest BCUT2D eigenvalue weighted by Crippen LogP contribution is 2.44. The zero-order valence-corrected chi connectivity index (χ0v) is 33.8. The molecule has 5 heterocycles. The number of hydrogen-bond donors (Lipinski definition) is 1. The molecule has 0 unspecified atom stereocenters. The van der Waals surface area contributed by atoms with E-state index < -0.39 is 5.60 Å². The van der Waals surface area contributed by atoms with Crippen LogP contribution in [0.1, 0.15) is 40.5 Å². The highest BCUT2D eigenvalue weighted by molar-refractivity contribution is 14.2.